The molecule has 0 fully saturated rings. The molecule has 0 aliphatic carbocycles. The summed E-state index contributed by atoms with van der Waals surface area (Å²) in [7, 11) is -2.72. The number of hydrogen-bond donors (Lipinski definition) is 1. The van der Waals surface area contributed by atoms with Crippen LogP contribution in [0.1, 0.15) is 17.5 Å². The SMILES string of the molecule is CN(CCC(F)(F)F)S(=O)(=O)c1cccc2c1CCNC2. The van der Waals surface area contributed by atoms with Crippen LogP contribution in [0.3, 0.4) is 0 Å². The Labute approximate surface area is 122 Å². The highest BCUT2D eigenvalue weighted by Crippen LogP contribution is 2.26. The van der Waals surface area contributed by atoms with Crippen LogP contribution in [0.25, 0.3) is 0 Å². The fourth-order valence-electron chi connectivity index (χ4n) is 2.31. The van der Waals surface area contributed by atoms with Gasteiger partial charge in [0.1, 0.15) is 0 Å². The van der Waals surface area contributed by atoms with Crippen molar-refractivity contribution in [1.82, 2.24) is 9.62 Å². The minimum Gasteiger partial charge on any atom is -0.312 e. The van der Waals surface area contributed by atoms with Gasteiger partial charge in [-0.25, -0.2) is 12.7 Å². The topological polar surface area (TPSA) is 49.4 Å². The molecule has 4 nitrogen and oxygen atoms in total. The normalized spacial score (nSPS) is 16.0. The molecule has 1 heterocycles. The van der Waals surface area contributed by atoms with Gasteiger partial charge in [-0.15, -0.1) is 0 Å². The first kappa shape index (κ1) is 16.3. The summed E-state index contributed by atoms with van der Waals surface area (Å²) in [6.07, 6.45) is -4.97. The van der Waals surface area contributed by atoms with Crippen molar-refractivity contribution in [2.75, 3.05) is 20.1 Å². The summed E-state index contributed by atoms with van der Waals surface area (Å²) in [5.74, 6) is 0. The molecular formula is C13H17F3N2O2S. The molecule has 8 heteroatoms. The van der Waals surface area contributed by atoms with Crippen LogP contribution in [-0.4, -0.2) is 39.0 Å². The lowest BCUT2D eigenvalue weighted by Gasteiger charge is -2.24. The number of fused-ring (bicyclic) bond motifs is 1. The van der Waals surface area contributed by atoms with Gasteiger partial charge in [-0.3, -0.25) is 0 Å². The molecule has 21 heavy (non-hydrogen) atoms. The van der Waals surface area contributed by atoms with Crippen molar-refractivity contribution in [2.24, 2.45) is 0 Å². The van der Waals surface area contributed by atoms with E-state index < -0.39 is 29.2 Å². The Bertz CT molecular complexity index is 614. The number of nitrogens with zero attached hydrogens (tertiary/aromatic N) is 1. The molecule has 0 saturated heterocycles. The predicted molar refractivity (Wildman–Crippen MR) is 72.3 cm³/mol. The van der Waals surface area contributed by atoms with Gasteiger partial charge in [-0.2, -0.15) is 13.2 Å². The summed E-state index contributed by atoms with van der Waals surface area (Å²) < 4.78 is 62.4. The van der Waals surface area contributed by atoms with Gasteiger partial charge < -0.3 is 5.32 Å². The van der Waals surface area contributed by atoms with Crippen LogP contribution < -0.4 is 5.32 Å². The van der Waals surface area contributed by atoms with Crippen LogP contribution in [0, 0.1) is 0 Å². The van der Waals surface area contributed by atoms with E-state index in [1.54, 1.807) is 6.07 Å². The first-order valence-electron chi connectivity index (χ1n) is 6.56. The van der Waals surface area contributed by atoms with Gasteiger partial charge in [0.05, 0.1) is 11.3 Å². The molecule has 0 aromatic heterocycles. The van der Waals surface area contributed by atoms with E-state index in [9.17, 15) is 21.6 Å². The summed E-state index contributed by atoms with van der Waals surface area (Å²) in [4.78, 5) is 0.117. The van der Waals surface area contributed by atoms with E-state index in [1.165, 1.54) is 13.1 Å². The Kier molecular flexibility index (Phi) is 4.60. The fraction of sp³-hybridized carbons (Fsp3) is 0.538. The molecule has 0 bridgehead atoms. The molecule has 0 spiro atoms. The molecular weight excluding hydrogens is 305 g/mol. The maximum Gasteiger partial charge on any atom is 0.390 e. The average Bonchev–Trinajstić information content (AvgIpc) is 2.43. The highest BCUT2D eigenvalue weighted by molar-refractivity contribution is 7.89. The zero-order chi connectivity index (χ0) is 15.7. The van der Waals surface area contributed by atoms with E-state index in [1.807, 2.05) is 6.07 Å². The summed E-state index contributed by atoms with van der Waals surface area (Å²) in [6, 6.07) is 4.91. The third-order valence-corrected chi connectivity index (χ3v) is 5.44. The van der Waals surface area contributed by atoms with Crippen LogP contribution in [0.2, 0.25) is 0 Å². The Morgan fingerprint density at radius 2 is 2.05 bits per heavy atom. The van der Waals surface area contributed by atoms with Crippen molar-refractivity contribution in [3.8, 4) is 0 Å². The molecule has 1 aromatic carbocycles. The Hall–Kier alpha value is -1.12. The van der Waals surface area contributed by atoms with Gasteiger partial charge >= 0.3 is 6.18 Å². The van der Waals surface area contributed by atoms with E-state index in [4.69, 9.17) is 0 Å². The lowest BCUT2D eigenvalue weighted by Crippen LogP contribution is -2.33. The first-order chi connectivity index (χ1) is 9.72. The number of hydrogen-bond acceptors (Lipinski definition) is 3. The second kappa shape index (κ2) is 5.94. The zero-order valence-corrected chi connectivity index (χ0v) is 12.4. The number of halogens is 3. The van der Waals surface area contributed by atoms with Crippen LogP contribution in [0.5, 0.6) is 0 Å². The second-order valence-corrected chi connectivity index (χ2v) is 7.03. The van der Waals surface area contributed by atoms with E-state index in [-0.39, 0.29) is 4.90 Å². The van der Waals surface area contributed by atoms with Gasteiger partial charge in [0.2, 0.25) is 10.0 Å². The van der Waals surface area contributed by atoms with E-state index in [0.29, 0.717) is 25.1 Å². The van der Waals surface area contributed by atoms with Crippen LogP contribution in [-0.2, 0) is 23.0 Å². The van der Waals surface area contributed by atoms with E-state index in [0.717, 1.165) is 9.87 Å². The lowest BCUT2D eigenvalue weighted by atomic mass is 10.0. The summed E-state index contributed by atoms with van der Waals surface area (Å²) in [5.41, 5.74) is 1.58. The number of benzene rings is 1. The minimum atomic E-state index is -4.37. The van der Waals surface area contributed by atoms with Crippen molar-refractivity contribution >= 4 is 10.0 Å². The van der Waals surface area contributed by atoms with Crippen molar-refractivity contribution in [3.05, 3.63) is 29.3 Å². The summed E-state index contributed by atoms with van der Waals surface area (Å²) >= 11 is 0. The number of alkyl halides is 3. The quantitative estimate of drug-likeness (QED) is 0.921. The Morgan fingerprint density at radius 3 is 2.71 bits per heavy atom. The lowest BCUT2D eigenvalue weighted by molar-refractivity contribution is -0.135. The van der Waals surface area contributed by atoms with Gasteiger partial charge in [0.25, 0.3) is 0 Å². The van der Waals surface area contributed by atoms with Gasteiger partial charge in [-0.05, 0) is 30.2 Å². The molecule has 1 aromatic rings. The maximum absolute atomic E-state index is 12.5. The highest BCUT2D eigenvalue weighted by Gasteiger charge is 2.31. The van der Waals surface area contributed by atoms with Crippen LogP contribution in [0.15, 0.2) is 23.1 Å². The molecule has 1 aliphatic rings. The zero-order valence-electron chi connectivity index (χ0n) is 11.6. The smallest absolute Gasteiger partial charge is 0.312 e. The molecule has 0 atom stereocenters. The molecule has 2 rings (SSSR count). The fourth-order valence-corrected chi connectivity index (χ4v) is 3.77. The average molecular weight is 322 g/mol. The van der Waals surface area contributed by atoms with Gasteiger partial charge in [-0.1, -0.05) is 12.1 Å². The number of nitrogens with one attached hydrogen (secondary N) is 1. The van der Waals surface area contributed by atoms with Crippen molar-refractivity contribution < 1.29 is 21.6 Å². The third-order valence-electron chi connectivity index (χ3n) is 3.50. The monoisotopic (exact) mass is 322 g/mol. The molecule has 0 unspecified atom stereocenters. The molecule has 0 saturated carbocycles. The number of sulfonamides is 1. The number of rotatable bonds is 4. The predicted octanol–water partition coefficient (Wildman–Crippen LogP) is 1.91. The van der Waals surface area contributed by atoms with Crippen molar-refractivity contribution in [3.63, 3.8) is 0 Å². The van der Waals surface area contributed by atoms with Crippen molar-refractivity contribution in [2.45, 2.75) is 30.5 Å². The second-order valence-electron chi connectivity index (χ2n) is 5.01. The Balaban J connectivity index is 2.27. The van der Waals surface area contributed by atoms with Crippen molar-refractivity contribution in [1.29, 1.82) is 0 Å². The van der Waals surface area contributed by atoms with E-state index in [2.05, 4.69) is 5.32 Å². The highest BCUT2D eigenvalue weighted by atomic mass is 32.2. The molecule has 0 amide bonds. The van der Waals surface area contributed by atoms with Crippen LogP contribution in [0.4, 0.5) is 13.2 Å². The van der Waals surface area contributed by atoms with Gasteiger partial charge in [0.15, 0.2) is 0 Å². The third kappa shape index (κ3) is 3.75. The van der Waals surface area contributed by atoms with Gasteiger partial charge in [0, 0.05) is 20.1 Å². The summed E-state index contributed by atoms with van der Waals surface area (Å²) in [5, 5.41) is 3.14. The molecule has 1 aliphatic heterocycles. The maximum atomic E-state index is 12.5. The summed E-state index contributed by atoms with van der Waals surface area (Å²) in [6.45, 7) is 0.657. The standard InChI is InChI=1S/C13H17F3N2O2S/c1-18(8-6-13(14,15)16)21(19,20)12-4-2-3-10-9-17-7-5-11(10)12/h2-4,17H,5-9H2,1H3. The Morgan fingerprint density at radius 1 is 1.33 bits per heavy atom. The molecule has 1 N–H and O–H groups in total. The van der Waals surface area contributed by atoms with E-state index >= 15 is 0 Å². The molecule has 0 radical (unpaired) electrons. The molecule has 118 valence electrons. The largest absolute Gasteiger partial charge is 0.390 e. The first-order valence-corrected chi connectivity index (χ1v) is 8.00. The minimum absolute atomic E-state index is 0.117. The van der Waals surface area contributed by atoms with Crippen LogP contribution >= 0.6 is 0 Å².